The molecule has 1 saturated heterocycles. The number of hydrogen-bond donors (Lipinski definition) is 2. The Morgan fingerprint density at radius 3 is 2.58 bits per heavy atom. The molecule has 2 aliphatic rings. The maximum Gasteiger partial charge on any atom is 0.238 e. The fourth-order valence-corrected chi connectivity index (χ4v) is 5.46. The van der Waals surface area contributed by atoms with E-state index in [2.05, 4.69) is 11.9 Å². The Morgan fingerprint density at radius 2 is 1.94 bits per heavy atom. The van der Waals surface area contributed by atoms with E-state index in [1.54, 1.807) is 43.3 Å². The highest BCUT2D eigenvalue weighted by atomic mass is 35.5. The van der Waals surface area contributed by atoms with Gasteiger partial charge in [-0.15, -0.1) is 0 Å². The van der Waals surface area contributed by atoms with E-state index in [0.29, 0.717) is 26.9 Å². The number of carbonyl (C=O) groups is 3. The Kier molecular flexibility index (Phi) is 5.31. The maximum absolute atomic E-state index is 13.8. The van der Waals surface area contributed by atoms with Crippen molar-refractivity contribution in [2.45, 2.75) is 30.7 Å². The number of amides is 3. The quantitative estimate of drug-likeness (QED) is 0.686. The lowest BCUT2D eigenvalue weighted by Gasteiger charge is -2.51. The van der Waals surface area contributed by atoms with E-state index < -0.39 is 23.3 Å². The number of nitrogens with one attached hydrogen (secondary N) is 1. The van der Waals surface area contributed by atoms with Gasteiger partial charge in [0.2, 0.25) is 17.7 Å². The molecule has 160 valence electrons. The molecule has 3 amide bonds. The van der Waals surface area contributed by atoms with Crippen molar-refractivity contribution in [3.63, 3.8) is 0 Å². The van der Waals surface area contributed by atoms with E-state index in [9.17, 15) is 14.4 Å². The molecule has 4 rings (SSSR count). The largest absolute Gasteiger partial charge is 0.368 e. The number of likely N-dealkylation sites (tertiary alicyclic amines) is 1. The standard InChI is InChI=1S/C23H21Cl2N3O3/c1-12(2)21-23(16-7-6-15(25)9-18(16)27-22(23)31)17(13-4-3-5-14(24)8-13)10-20(30)28(21)11-19(26)29/h3-9,17,21H,1,10-11H2,2H3,(H2,26,29)(H,27,31)/t17-,21+,23-/m0/s1. The van der Waals surface area contributed by atoms with Gasteiger partial charge in [-0.05, 0) is 42.3 Å². The number of hydrogen-bond acceptors (Lipinski definition) is 3. The van der Waals surface area contributed by atoms with Gasteiger partial charge in [0.25, 0.3) is 0 Å². The number of anilines is 1. The Balaban J connectivity index is 2.03. The fourth-order valence-electron chi connectivity index (χ4n) is 5.09. The Labute approximate surface area is 190 Å². The molecular weight excluding hydrogens is 437 g/mol. The summed E-state index contributed by atoms with van der Waals surface area (Å²) in [4.78, 5) is 40.2. The van der Waals surface area contributed by atoms with Gasteiger partial charge in [-0.1, -0.05) is 53.6 Å². The van der Waals surface area contributed by atoms with Gasteiger partial charge in [0, 0.05) is 28.1 Å². The summed E-state index contributed by atoms with van der Waals surface area (Å²) in [6.45, 7) is 5.52. The minimum Gasteiger partial charge on any atom is -0.368 e. The predicted molar refractivity (Wildman–Crippen MR) is 120 cm³/mol. The monoisotopic (exact) mass is 457 g/mol. The first kappa shape index (κ1) is 21.4. The number of primary amides is 1. The first-order valence-corrected chi connectivity index (χ1v) is 10.5. The maximum atomic E-state index is 13.8. The van der Waals surface area contributed by atoms with E-state index in [0.717, 1.165) is 5.56 Å². The molecule has 3 atom stereocenters. The van der Waals surface area contributed by atoms with Crippen LogP contribution in [0.1, 0.15) is 30.4 Å². The number of rotatable bonds is 4. The van der Waals surface area contributed by atoms with Crippen molar-refractivity contribution in [3.05, 3.63) is 75.8 Å². The number of nitrogens with two attached hydrogens (primary N) is 1. The predicted octanol–water partition coefficient (Wildman–Crippen LogP) is 3.63. The van der Waals surface area contributed by atoms with Crippen LogP contribution in [0.25, 0.3) is 0 Å². The van der Waals surface area contributed by atoms with Crippen molar-refractivity contribution >= 4 is 46.6 Å². The molecule has 0 aliphatic carbocycles. The van der Waals surface area contributed by atoms with Crippen molar-refractivity contribution in [2.24, 2.45) is 5.73 Å². The topological polar surface area (TPSA) is 92.5 Å². The third kappa shape index (κ3) is 3.30. The van der Waals surface area contributed by atoms with Crippen LogP contribution in [0.4, 0.5) is 5.69 Å². The zero-order valence-electron chi connectivity index (χ0n) is 16.8. The van der Waals surface area contributed by atoms with Crippen LogP contribution in [-0.4, -0.2) is 35.2 Å². The second-order valence-electron chi connectivity index (χ2n) is 8.06. The summed E-state index contributed by atoms with van der Waals surface area (Å²) in [7, 11) is 0. The molecule has 2 aromatic carbocycles. The molecule has 0 bridgehead atoms. The number of piperidine rings is 1. The van der Waals surface area contributed by atoms with Gasteiger partial charge in [-0.25, -0.2) is 0 Å². The molecule has 2 heterocycles. The van der Waals surface area contributed by atoms with Gasteiger partial charge in [0.1, 0.15) is 5.41 Å². The Hall–Kier alpha value is -2.83. The third-order valence-corrected chi connectivity index (χ3v) is 6.56. The lowest BCUT2D eigenvalue weighted by atomic mass is 9.58. The molecule has 0 radical (unpaired) electrons. The molecule has 1 fully saturated rings. The second-order valence-corrected chi connectivity index (χ2v) is 8.93. The summed E-state index contributed by atoms with van der Waals surface area (Å²) in [5.74, 6) is -1.76. The Morgan fingerprint density at radius 1 is 1.23 bits per heavy atom. The lowest BCUT2D eigenvalue weighted by molar-refractivity contribution is -0.146. The Bertz CT molecular complexity index is 1130. The van der Waals surface area contributed by atoms with Crippen LogP contribution in [0, 0.1) is 0 Å². The van der Waals surface area contributed by atoms with Crippen molar-refractivity contribution in [1.82, 2.24) is 4.90 Å². The van der Waals surface area contributed by atoms with E-state index >= 15 is 0 Å². The molecule has 2 aliphatic heterocycles. The summed E-state index contributed by atoms with van der Waals surface area (Å²) >= 11 is 12.4. The van der Waals surface area contributed by atoms with Gasteiger partial charge in [0.15, 0.2) is 0 Å². The van der Waals surface area contributed by atoms with Gasteiger partial charge in [-0.3, -0.25) is 14.4 Å². The molecule has 31 heavy (non-hydrogen) atoms. The molecule has 3 N–H and O–H groups in total. The van der Waals surface area contributed by atoms with Crippen LogP contribution >= 0.6 is 23.2 Å². The average molecular weight is 458 g/mol. The molecule has 6 nitrogen and oxygen atoms in total. The number of nitrogens with zero attached hydrogens (tertiary/aromatic N) is 1. The van der Waals surface area contributed by atoms with Gasteiger partial charge in [-0.2, -0.15) is 0 Å². The molecular formula is C23H21Cl2N3O3. The highest BCUT2D eigenvalue weighted by Gasteiger charge is 2.63. The molecule has 2 aromatic rings. The highest BCUT2D eigenvalue weighted by Crippen LogP contribution is 2.56. The van der Waals surface area contributed by atoms with Crippen molar-refractivity contribution in [3.8, 4) is 0 Å². The average Bonchev–Trinajstić information content (AvgIpc) is 2.95. The summed E-state index contributed by atoms with van der Waals surface area (Å²) in [5.41, 5.74) is 6.82. The van der Waals surface area contributed by atoms with E-state index in [1.807, 2.05) is 6.07 Å². The molecule has 1 spiro atoms. The van der Waals surface area contributed by atoms with Crippen LogP contribution in [0.3, 0.4) is 0 Å². The SMILES string of the molecule is C=C(C)[C@H]1N(CC(N)=O)C(=O)C[C@@H](c2cccc(Cl)c2)[C@]12C(=O)Nc1cc(Cl)ccc12. The first-order valence-electron chi connectivity index (χ1n) is 9.76. The molecule has 0 unspecified atom stereocenters. The zero-order chi connectivity index (χ0) is 22.5. The van der Waals surface area contributed by atoms with Crippen molar-refractivity contribution in [2.75, 3.05) is 11.9 Å². The second kappa shape index (κ2) is 7.70. The van der Waals surface area contributed by atoms with E-state index in [-0.39, 0.29) is 24.8 Å². The van der Waals surface area contributed by atoms with Crippen LogP contribution in [-0.2, 0) is 19.8 Å². The highest BCUT2D eigenvalue weighted by molar-refractivity contribution is 6.31. The molecule has 0 aromatic heterocycles. The summed E-state index contributed by atoms with van der Waals surface area (Å²) in [6.07, 6.45) is 0.00683. The fraction of sp³-hybridized carbons (Fsp3) is 0.261. The third-order valence-electron chi connectivity index (χ3n) is 6.09. The van der Waals surface area contributed by atoms with Crippen LogP contribution in [0.15, 0.2) is 54.6 Å². The summed E-state index contributed by atoms with van der Waals surface area (Å²) < 4.78 is 0. The minimum absolute atomic E-state index is 0.00683. The zero-order valence-corrected chi connectivity index (χ0v) is 18.3. The van der Waals surface area contributed by atoms with Crippen molar-refractivity contribution < 1.29 is 14.4 Å². The van der Waals surface area contributed by atoms with Gasteiger partial charge >= 0.3 is 0 Å². The first-order chi connectivity index (χ1) is 14.7. The van der Waals surface area contributed by atoms with E-state index in [4.69, 9.17) is 28.9 Å². The van der Waals surface area contributed by atoms with Gasteiger partial charge in [0.05, 0.1) is 12.6 Å². The van der Waals surface area contributed by atoms with Crippen LogP contribution in [0.5, 0.6) is 0 Å². The van der Waals surface area contributed by atoms with Gasteiger partial charge < -0.3 is 16.0 Å². The van der Waals surface area contributed by atoms with Crippen LogP contribution < -0.4 is 11.1 Å². The van der Waals surface area contributed by atoms with Crippen molar-refractivity contribution in [1.29, 1.82) is 0 Å². The minimum atomic E-state index is -1.22. The molecule has 0 saturated carbocycles. The number of carbonyl (C=O) groups excluding carboxylic acids is 3. The number of halogens is 2. The smallest absolute Gasteiger partial charge is 0.238 e. The normalized spacial score (nSPS) is 24.8. The summed E-state index contributed by atoms with van der Waals surface area (Å²) in [6, 6.07) is 11.5. The van der Waals surface area contributed by atoms with Crippen LogP contribution in [0.2, 0.25) is 10.0 Å². The molecule has 8 heteroatoms. The lowest BCUT2D eigenvalue weighted by Crippen LogP contribution is -2.64. The summed E-state index contributed by atoms with van der Waals surface area (Å²) in [5, 5.41) is 3.91. The number of benzene rings is 2. The van der Waals surface area contributed by atoms with E-state index in [1.165, 1.54) is 4.90 Å². The number of fused-ring (bicyclic) bond motifs is 2.